The molecule has 0 aromatic heterocycles. The van der Waals surface area contributed by atoms with Gasteiger partial charge in [-0.15, -0.1) is 0 Å². The molecule has 3 aromatic carbocycles. The number of nitrogens with zero attached hydrogens (tertiary/aromatic N) is 2. The fourth-order valence-corrected chi connectivity index (χ4v) is 4.34. The molecule has 180 valence electrons. The number of hydrogen-bond acceptors (Lipinski definition) is 5. The number of carbonyl (C=O) groups excluding carboxylic acids is 1. The molecule has 0 spiro atoms. The molecule has 1 heterocycles. The molecule has 2 N–H and O–H groups in total. The molecule has 0 radical (unpaired) electrons. The van der Waals surface area contributed by atoms with Gasteiger partial charge in [-0.2, -0.15) is 0 Å². The topological polar surface area (TPSA) is 116 Å². The highest BCUT2D eigenvalue weighted by atomic mass is 32.2. The minimum absolute atomic E-state index is 0.145. The second-order valence-electron chi connectivity index (χ2n) is 8.17. The molecule has 1 aliphatic heterocycles. The third-order valence-corrected chi connectivity index (χ3v) is 6.89. The molecule has 3 aromatic rings. The minimum atomic E-state index is -3.43. The zero-order chi connectivity index (χ0) is 25.3. The molecule has 4 rings (SSSR count). The fourth-order valence-electron chi connectivity index (χ4n) is 3.84. The summed E-state index contributed by atoms with van der Waals surface area (Å²) in [6.07, 6.45) is 0.957. The van der Waals surface area contributed by atoms with Crippen LogP contribution in [0.3, 0.4) is 0 Å². The van der Waals surface area contributed by atoms with Crippen LogP contribution in [-0.2, 0) is 26.0 Å². The molecule has 35 heavy (non-hydrogen) atoms. The van der Waals surface area contributed by atoms with Crippen LogP contribution in [0.1, 0.15) is 22.6 Å². The second kappa shape index (κ2) is 9.30. The van der Waals surface area contributed by atoms with Crippen LogP contribution in [0.2, 0.25) is 0 Å². The number of amides is 1. The molecule has 0 bridgehead atoms. The predicted molar refractivity (Wildman–Crippen MR) is 131 cm³/mol. The summed E-state index contributed by atoms with van der Waals surface area (Å²) in [5.41, 5.74) is 3.42. The second-order valence-corrected chi connectivity index (χ2v) is 10.2. The highest BCUT2D eigenvalue weighted by Crippen LogP contribution is 2.37. The number of carbonyl (C=O) groups is 2. The van der Waals surface area contributed by atoms with E-state index in [9.17, 15) is 22.4 Å². The quantitative estimate of drug-likeness (QED) is 0.485. The summed E-state index contributed by atoms with van der Waals surface area (Å²) in [7, 11) is -1.99. The molecule has 0 saturated heterocycles. The van der Waals surface area contributed by atoms with Gasteiger partial charge in [-0.05, 0) is 53.1 Å². The van der Waals surface area contributed by atoms with Gasteiger partial charge in [0, 0.05) is 12.7 Å². The van der Waals surface area contributed by atoms with Gasteiger partial charge in [-0.3, -0.25) is 18.9 Å². The van der Waals surface area contributed by atoms with Crippen LogP contribution < -0.4 is 9.62 Å². The number of rotatable bonds is 7. The van der Waals surface area contributed by atoms with Gasteiger partial charge in [-0.25, -0.2) is 12.8 Å². The van der Waals surface area contributed by atoms with Crippen molar-refractivity contribution in [3.63, 3.8) is 0 Å². The summed E-state index contributed by atoms with van der Waals surface area (Å²) < 4.78 is 38.5. The minimum Gasteiger partial charge on any atom is -0.481 e. The van der Waals surface area contributed by atoms with Crippen LogP contribution in [0.4, 0.5) is 21.5 Å². The Bertz CT molecular complexity index is 1430. The van der Waals surface area contributed by atoms with Gasteiger partial charge >= 0.3 is 5.97 Å². The van der Waals surface area contributed by atoms with Crippen LogP contribution in [0.15, 0.2) is 71.7 Å². The van der Waals surface area contributed by atoms with Crippen LogP contribution in [0.25, 0.3) is 0 Å². The molecule has 0 saturated carbocycles. The molecule has 1 amide bonds. The van der Waals surface area contributed by atoms with E-state index in [-0.39, 0.29) is 12.3 Å². The summed E-state index contributed by atoms with van der Waals surface area (Å²) >= 11 is 0. The number of halogens is 1. The van der Waals surface area contributed by atoms with E-state index in [1.807, 2.05) is 0 Å². The van der Waals surface area contributed by atoms with Gasteiger partial charge in [0.25, 0.3) is 0 Å². The number of benzene rings is 3. The van der Waals surface area contributed by atoms with Crippen molar-refractivity contribution in [2.24, 2.45) is 4.99 Å². The zero-order valence-electron chi connectivity index (χ0n) is 18.9. The lowest BCUT2D eigenvalue weighted by atomic mass is 9.90. The number of aliphatic carboxylic acids is 1. The monoisotopic (exact) mass is 495 g/mol. The number of aliphatic imine (C=N–C) groups is 1. The molecule has 8 nitrogen and oxygen atoms in total. The van der Waals surface area contributed by atoms with E-state index in [0.717, 1.165) is 10.6 Å². The summed E-state index contributed by atoms with van der Waals surface area (Å²) in [4.78, 5) is 28.7. The van der Waals surface area contributed by atoms with Gasteiger partial charge in [-0.1, -0.05) is 30.3 Å². The Labute approximate surface area is 201 Å². The smallest absolute Gasteiger partial charge is 0.307 e. The van der Waals surface area contributed by atoms with E-state index in [1.54, 1.807) is 48.5 Å². The van der Waals surface area contributed by atoms with Crippen LogP contribution in [0, 0.1) is 5.82 Å². The number of fused-ring (bicyclic) bond motifs is 1. The Morgan fingerprint density at radius 1 is 1.09 bits per heavy atom. The number of anilines is 2. The Hall–Kier alpha value is -4.05. The van der Waals surface area contributed by atoms with Crippen molar-refractivity contribution in [2.45, 2.75) is 12.3 Å². The number of sulfonamides is 1. The molecular formula is C25H22FN3O5S. The summed E-state index contributed by atoms with van der Waals surface area (Å²) in [5.74, 6) is -2.63. The van der Waals surface area contributed by atoms with Crippen LogP contribution in [-0.4, -0.2) is 44.4 Å². The van der Waals surface area contributed by atoms with Crippen molar-refractivity contribution in [3.05, 3.63) is 89.2 Å². The van der Waals surface area contributed by atoms with Crippen LogP contribution >= 0.6 is 0 Å². The maximum atomic E-state index is 13.7. The standard InChI is InChI=1S/C25H22FN3O5S/c1-29(35(2,33)34)19-10-8-18(9-11-19)27-24(16-5-3-15(4-6-16)13-22(30)31)23-20-12-7-17(26)14-21(20)28-25(23)32/h3-12,14,23H,13H2,1-2H3,(H,28,32)(H,30,31). The molecule has 1 unspecified atom stereocenters. The molecule has 10 heteroatoms. The number of carboxylic acid groups (broad SMARTS) is 1. The molecule has 1 aliphatic rings. The summed E-state index contributed by atoms with van der Waals surface area (Å²) in [5, 5.41) is 11.7. The van der Waals surface area contributed by atoms with Gasteiger partial charge in [0.1, 0.15) is 11.7 Å². The molecule has 0 aliphatic carbocycles. The number of hydrogen-bond donors (Lipinski definition) is 2. The lowest BCUT2D eigenvalue weighted by Gasteiger charge is -2.17. The van der Waals surface area contributed by atoms with Crippen molar-refractivity contribution in [2.75, 3.05) is 22.9 Å². The largest absolute Gasteiger partial charge is 0.481 e. The van der Waals surface area contributed by atoms with E-state index in [0.29, 0.717) is 39.5 Å². The van der Waals surface area contributed by atoms with Gasteiger partial charge in [0.2, 0.25) is 15.9 Å². The normalized spacial score (nSPS) is 15.5. The van der Waals surface area contributed by atoms with Crippen LogP contribution in [0.5, 0.6) is 0 Å². The van der Waals surface area contributed by atoms with Crippen molar-refractivity contribution in [1.82, 2.24) is 0 Å². The van der Waals surface area contributed by atoms with Crippen molar-refractivity contribution in [3.8, 4) is 0 Å². The third kappa shape index (κ3) is 5.22. The fraction of sp³-hybridized carbons (Fsp3) is 0.160. The van der Waals surface area contributed by atoms with E-state index in [2.05, 4.69) is 5.32 Å². The number of carboxylic acids is 1. The zero-order valence-corrected chi connectivity index (χ0v) is 19.7. The van der Waals surface area contributed by atoms with Gasteiger partial charge in [0.15, 0.2) is 0 Å². The first-order valence-corrected chi connectivity index (χ1v) is 12.4. The van der Waals surface area contributed by atoms with Crippen molar-refractivity contribution < 1.29 is 27.5 Å². The van der Waals surface area contributed by atoms with E-state index >= 15 is 0 Å². The van der Waals surface area contributed by atoms with Crippen molar-refractivity contribution in [1.29, 1.82) is 0 Å². The maximum absolute atomic E-state index is 13.7. The van der Waals surface area contributed by atoms with E-state index < -0.39 is 27.7 Å². The van der Waals surface area contributed by atoms with Gasteiger partial charge < -0.3 is 10.4 Å². The maximum Gasteiger partial charge on any atom is 0.307 e. The molecular weight excluding hydrogens is 473 g/mol. The summed E-state index contributed by atoms with van der Waals surface area (Å²) in [6, 6.07) is 17.2. The SMILES string of the molecule is CN(c1ccc(N=C(c2ccc(CC(=O)O)cc2)C2C(=O)Nc3cc(F)ccc32)cc1)S(C)(=O)=O. The Morgan fingerprint density at radius 3 is 2.34 bits per heavy atom. The molecule has 1 atom stereocenters. The van der Waals surface area contributed by atoms with Crippen molar-refractivity contribution >= 4 is 44.7 Å². The average molecular weight is 496 g/mol. The highest BCUT2D eigenvalue weighted by molar-refractivity contribution is 7.92. The lowest BCUT2D eigenvalue weighted by Crippen LogP contribution is -2.24. The van der Waals surface area contributed by atoms with E-state index in [1.165, 1.54) is 25.2 Å². The first kappa shape index (κ1) is 24.1. The summed E-state index contributed by atoms with van der Waals surface area (Å²) in [6.45, 7) is 0. The first-order valence-electron chi connectivity index (χ1n) is 10.6. The lowest BCUT2D eigenvalue weighted by molar-refractivity contribution is -0.136. The predicted octanol–water partition coefficient (Wildman–Crippen LogP) is 3.71. The average Bonchev–Trinajstić information content (AvgIpc) is 3.11. The Morgan fingerprint density at radius 2 is 1.74 bits per heavy atom. The number of nitrogens with one attached hydrogen (secondary N) is 1. The Kier molecular flexibility index (Phi) is 6.40. The van der Waals surface area contributed by atoms with Gasteiger partial charge in [0.05, 0.1) is 29.8 Å². The first-order chi connectivity index (χ1) is 16.5. The highest BCUT2D eigenvalue weighted by Gasteiger charge is 2.35. The third-order valence-electron chi connectivity index (χ3n) is 5.69. The molecule has 0 fully saturated rings. The Balaban J connectivity index is 1.79. The van der Waals surface area contributed by atoms with E-state index in [4.69, 9.17) is 10.1 Å².